The van der Waals surface area contributed by atoms with Crippen LogP contribution in [0.1, 0.15) is 12.8 Å². The zero-order valence-corrected chi connectivity index (χ0v) is 12.4. The van der Waals surface area contributed by atoms with Crippen molar-refractivity contribution >= 4 is 5.91 Å². The number of hydrogen-bond acceptors (Lipinski definition) is 5. The highest BCUT2D eigenvalue weighted by atomic mass is 16.2. The molecule has 0 radical (unpaired) electrons. The van der Waals surface area contributed by atoms with Crippen LogP contribution in [0.25, 0.3) is 0 Å². The van der Waals surface area contributed by atoms with Gasteiger partial charge in [-0.05, 0) is 12.5 Å². The molecular formula is C14H17N5O4. The van der Waals surface area contributed by atoms with Crippen LogP contribution in [0.3, 0.4) is 0 Å². The zero-order valence-electron chi connectivity index (χ0n) is 12.4. The summed E-state index contributed by atoms with van der Waals surface area (Å²) in [6.45, 7) is 1.00. The Balaban J connectivity index is 1.71. The summed E-state index contributed by atoms with van der Waals surface area (Å²) in [5, 5.41) is 6.62. The molecular weight excluding hydrogens is 302 g/mol. The molecule has 0 aliphatic carbocycles. The van der Waals surface area contributed by atoms with Crippen molar-refractivity contribution in [1.29, 1.82) is 0 Å². The Morgan fingerprint density at radius 2 is 2.04 bits per heavy atom. The first-order valence-corrected chi connectivity index (χ1v) is 7.15. The van der Waals surface area contributed by atoms with Crippen molar-refractivity contribution < 1.29 is 4.79 Å². The molecule has 2 N–H and O–H groups in total. The smallest absolute Gasteiger partial charge is 0.328 e. The molecule has 0 bridgehead atoms. The predicted octanol–water partition coefficient (Wildman–Crippen LogP) is -1.31. The Hall–Kier alpha value is -2.97. The topological polar surface area (TPSA) is 119 Å². The van der Waals surface area contributed by atoms with E-state index in [4.69, 9.17) is 0 Å². The fourth-order valence-electron chi connectivity index (χ4n) is 1.94. The Kier molecular flexibility index (Phi) is 5.61. The van der Waals surface area contributed by atoms with Crippen molar-refractivity contribution in [2.45, 2.75) is 25.9 Å². The van der Waals surface area contributed by atoms with Crippen molar-refractivity contribution in [3.63, 3.8) is 0 Å². The number of H-pyrrole nitrogens is 1. The number of rotatable bonds is 7. The highest BCUT2D eigenvalue weighted by molar-refractivity contribution is 5.75. The maximum Gasteiger partial charge on any atom is 0.328 e. The standard InChI is InChI=1S/C14H17N5O4/c20-11(4-9-18-10-5-12(21)17-14(18)23)15-6-2-8-19-13(22)3-1-7-16-19/h1,3,5,7,10H,2,4,6,8-9H2,(H,15,20)(H,17,21,23). The molecule has 9 heteroatoms. The second-order valence-electron chi connectivity index (χ2n) is 4.84. The van der Waals surface area contributed by atoms with Crippen molar-refractivity contribution in [3.8, 4) is 0 Å². The van der Waals surface area contributed by atoms with Gasteiger partial charge in [0.15, 0.2) is 0 Å². The van der Waals surface area contributed by atoms with Crippen LogP contribution < -0.4 is 22.1 Å². The fraction of sp³-hybridized carbons (Fsp3) is 0.357. The van der Waals surface area contributed by atoms with Gasteiger partial charge in [-0.3, -0.25) is 19.4 Å². The summed E-state index contributed by atoms with van der Waals surface area (Å²) in [5.74, 6) is -0.212. The number of hydrogen-bond donors (Lipinski definition) is 2. The SMILES string of the molecule is O=C(CCn1ccc(=O)[nH]c1=O)NCCCn1ncccc1=O. The quantitative estimate of drug-likeness (QED) is 0.614. The normalized spacial score (nSPS) is 10.4. The van der Waals surface area contributed by atoms with Crippen LogP contribution in [-0.4, -0.2) is 31.8 Å². The van der Waals surface area contributed by atoms with Crippen LogP contribution in [0.15, 0.2) is 45.0 Å². The molecule has 0 saturated heterocycles. The lowest BCUT2D eigenvalue weighted by atomic mass is 10.3. The van der Waals surface area contributed by atoms with E-state index in [1.165, 1.54) is 33.8 Å². The summed E-state index contributed by atoms with van der Waals surface area (Å²) in [4.78, 5) is 47.6. The van der Waals surface area contributed by atoms with Crippen molar-refractivity contribution in [1.82, 2.24) is 24.6 Å². The van der Waals surface area contributed by atoms with Gasteiger partial charge < -0.3 is 9.88 Å². The molecule has 0 aliphatic rings. The van der Waals surface area contributed by atoms with Gasteiger partial charge in [-0.25, -0.2) is 9.48 Å². The third kappa shape index (κ3) is 5.06. The highest BCUT2D eigenvalue weighted by Crippen LogP contribution is 1.88. The molecule has 0 saturated carbocycles. The number of aromatic nitrogens is 4. The van der Waals surface area contributed by atoms with E-state index in [1.807, 2.05) is 0 Å². The molecule has 1 amide bonds. The minimum absolute atomic E-state index is 0.121. The molecule has 2 aromatic rings. The van der Waals surface area contributed by atoms with E-state index >= 15 is 0 Å². The maximum atomic E-state index is 11.7. The number of carbonyl (C=O) groups is 1. The second-order valence-corrected chi connectivity index (χ2v) is 4.84. The lowest BCUT2D eigenvalue weighted by Gasteiger charge is -2.07. The van der Waals surface area contributed by atoms with E-state index in [1.54, 1.807) is 6.07 Å². The molecule has 0 fully saturated rings. The van der Waals surface area contributed by atoms with Gasteiger partial charge in [0.05, 0.1) is 0 Å². The average molecular weight is 319 g/mol. The summed E-state index contributed by atoms with van der Waals surface area (Å²) in [6, 6.07) is 4.22. The van der Waals surface area contributed by atoms with E-state index in [0.717, 1.165) is 0 Å². The van der Waals surface area contributed by atoms with E-state index in [0.29, 0.717) is 19.5 Å². The van der Waals surface area contributed by atoms with Crippen molar-refractivity contribution in [2.75, 3.05) is 6.54 Å². The molecule has 2 heterocycles. The first kappa shape index (κ1) is 16.4. The predicted molar refractivity (Wildman–Crippen MR) is 82.1 cm³/mol. The summed E-state index contributed by atoms with van der Waals surface area (Å²) in [7, 11) is 0. The second kappa shape index (κ2) is 7.87. The third-order valence-electron chi connectivity index (χ3n) is 3.13. The number of amides is 1. The number of nitrogens with one attached hydrogen (secondary N) is 2. The van der Waals surface area contributed by atoms with Crippen molar-refractivity contribution in [2.24, 2.45) is 0 Å². The Morgan fingerprint density at radius 3 is 2.78 bits per heavy atom. The largest absolute Gasteiger partial charge is 0.356 e. The Labute approximate surface area is 130 Å². The van der Waals surface area contributed by atoms with Crippen LogP contribution in [0.4, 0.5) is 0 Å². The average Bonchev–Trinajstić information content (AvgIpc) is 2.52. The van der Waals surface area contributed by atoms with Crippen LogP contribution in [0, 0.1) is 0 Å². The lowest BCUT2D eigenvalue weighted by molar-refractivity contribution is -0.121. The first-order valence-electron chi connectivity index (χ1n) is 7.15. The van der Waals surface area contributed by atoms with Crippen LogP contribution in [0.5, 0.6) is 0 Å². The van der Waals surface area contributed by atoms with Crippen molar-refractivity contribution in [3.05, 3.63) is 61.8 Å². The minimum Gasteiger partial charge on any atom is -0.356 e. The molecule has 0 unspecified atom stereocenters. The Bertz CT molecular complexity index is 836. The van der Waals surface area contributed by atoms with E-state index in [9.17, 15) is 19.2 Å². The first-order chi connectivity index (χ1) is 11.1. The van der Waals surface area contributed by atoms with E-state index in [2.05, 4.69) is 15.4 Å². The van der Waals surface area contributed by atoms with Gasteiger partial charge in [0.25, 0.3) is 11.1 Å². The zero-order chi connectivity index (χ0) is 16.7. The monoisotopic (exact) mass is 319 g/mol. The molecule has 0 aliphatic heterocycles. The van der Waals surface area contributed by atoms with Gasteiger partial charge in [0.1, 0.15) is 0 Å². The molecule has 0 spiro atoms. The van der Waals surface area contributed by atoms with Gasteiger partial charge >= 0.3 is 5.69 Å². The van der Waals surface area contributed by atoms with Crippen LogP contribution >= 0.6 is 0 Å². The Morgan fingerprint density at radius 1 is 1.22 bits per heavy atom. The summed E-state index contributed by atoms with van der Waals surface area (Å²) < 4.78 is 2.58. The molecule has 2 aromatic heterocycles. The molecule has 9 nitrogen and oxygen atoms in total. The minimum atomic E-state index is -0.542. The van der Waals surface area contributed by atoms with Gasteiger partial charge in [-0.15, -0.1) is 0 Å². The van der Waals surface area contributed by atoms with Gasteiger partial charge in [0.2, 0.25) is 5.91 Å². The van der Waals surface area contributed by atoms with Crippen LogP contribution in [-0.2, 0) is 17.9 Å². The third-order valence-corrected chi connectivity index (χ3v) is 3.13. The number of carbonyl (C=O) groups excluding carboxylic acids is 1. The molecule has 23 heavy (non-hydrogen) atoms. The van der Waals surface area contributed by atoms with Gasteiger partial charge in [-0.1, -0.05) is 0 Å². The molecule has 0 aromatic carbocycles. The lowest BCUT2D eigenvalue weighted by Crippen LogP contribution is -2.32. The van der Waals surface area contributed by atoms with Crippen LogP contribution in [0.2, 0.25) is 0 Å². The molecule has 0 atom stereocenters. The summed E-state index contributed by atoms with van der Waals surface area (Å²) >= 11 is 0. The summed E-state index contributed by atoms with van der Waals surface area (Å²) in [5.41, 5.74) is -1.20. The number of nitrogens with zero attached hydrogens (tertiary/aromatic N) is 3. The highest BCUT2D eigenvalue weighted by Gasteiger charge is 2.03. The summed E-state index contributed by atoms with van der Waals surface area (Å²) in [6.07, 6.45) is 3.57. The van der Waals surface area contributed by atoms with Gasteiger partial charge in [0, 0.05) is 50.6 Å². The number of aryl methyl sites for hydroxylation is 2. The number of aromatic amines is 1. The van der Waals surface area contributed by atoms with E-state index < -0.39 is 11.2 Å². The molecule has 122 valence electrons. The fourth-order valence-corrected chi connectivity index (χ4v) is 1.94. The maximum absolute atomic E-state index is 11.7. The van der Waals surface area contributed by atoms with E-state index in [-0.39, 0.29) is 24.4 Å². The molecule has 2 rings (SSSR count). The van der Waals surface area contributed by atoms with Gasteiger partial charge in [-0.2, -0.15) is 5.10 Å².